The maximum absolute atomic E-state index is 11.8. The van der Waals surface area contributed by atoms with E-state index in [4.69, 9.17) is 4.74 Å². The molecule has 0 unspecified atom stereocenters. The lowest BCUT2D eigenvalue weighted by Gasteiger charge is -2.42. The van der Waals surface area contributed by atoms with Gasteiger partial charge in [-0.05, 0) is 43.5 Å². The molecule has 16 heavy (non-hydrogen) atoms. The maximum Gasteiger partial charge on any atom is 0.415 e. The van der Waals surface area contributed by atoms with Crippen molar-refractivity contribution in [2.24, 2.45) is 0 Å². The fourth-order valence-corrected chi connectivity index (χ4v) is 2.71. The zero-order chi connectivity index (χ0) is 11.2. The normalized spacial score (nSPS) is 22.1. The van der Waals surface area contributed by atoms with Crippen molar-refractivity contribution in [2.45, 2.75) is 24.8 Å². The Bertz CT molecular complexity index is 425. The molecule has 0 aromatic heterocycles. The van der Waals surface area contributed by atoms with Crippen molar-refractivity contribution in [1.82, 2.24) is 0 Å². The van der Waals surface area contributed by atoms with Crippen LogP contribution in [0.2, 0.25) is 0 Å². The minimum Gasteiger partial charge on any atom is -0.447 e. The molecule has 1 amide bonds. The number of carbonyl (C=O) groups is 1. The van der Waals surface area contributed by atoms with Crippen molar-refractivity contribution in [2.75, 3.05) is 11.5 Å². The molecule has 3 nitrogen and oxygen atoms in total. The summed E-state index contributed by atoms with van der Waals surface area (Å²) in [6, 6.07) is 7.81. The molecule has 1 aromatic rings. The molecule has 2 fully saturated rings. The second kappa shape index (κ2) is 3.48. The maximum atomic E-state index is 11.8. The van der Waals surface area contributed by atoms with Gasteiger partial charge in [-0.3, -0.25) is 4.90 Å². The fourth-order valence-electron chi connectivity index (χ4n) is 2.44. The van der Waals surface area contributed by atoms with Gasteiger partial charge < -0.3 is 4.74 Å². The molecule has 1 heterocycles. The highest BCUT2D eigenvalue weighted by Gasteiger charge is 2.52. The molecule has 0 atom stereocenters. The average molecular weight is 282 g/mol. The number of cyclic esters (lactones) is 1. The van der Waals surface area contributed by atoms with Crippen LogP contribution in [0, 0.1) is 0 Å². The quantitative estimate of drug-likeness (QED) is 0.790. The molecule has 2 aliphatic rings. The van der Waals surface area contributed by atoms with Gasteiger partial charge in [0.25, 0.3) is 0 Å². The highest BCUT2D eigenvalue weighted by atomic mass is 79.9. The summed E-state index contributed by atoms with van der Waals surface area (Å²) in [6.07, 6.45) is 3.08. The highest BCUT2D eigenvalue weighted by Crippen LogP contribution is 2.44. The van der Waals surface area contributed by atoms with Crippen LogP contribution in [-0.4, -0.2) is 18.2 Å². The molecule has 1 aromatic carbocycles. The van der Waals surface area contributed by atoms with Gasteiger partial charge in [-0.15, -0.1) is 0 Å². The Morgan fingerprint density at radius 1 is 1.25 bits per heavy atom. The zero-order valence-electron chi connectivity index (χ0n) is 8.78. The summed E-state index contributed by atoms with van der Waals surface area (Å²) >= 11 is 3.39. The van der Waals surface area contributed by atoms with E-state index in [1.807, 2.05) is 29.2 Å². The Morgan fingerprint density at radius 2 is 1.94 bits per heavy atom. The summed E-state index contributed by atoms with van der Waals surface area (Å²) in [5.74, 6) is 0. The third kappa shape index (κ3) is 1.36. The zero-order valence-corrected chi connectivity index (χ0v) is 10.4. The lowest BCUT2D eigenvalue weighted by molar-refractivity contribution is 0.154. The lowest BCUT2D eigenvalue weighted by atomic mass is 9.76. The largest absolute Gasteiger partial charge is 0.447 e. The van der Waals surface area contributed by atoms with E-state index >= 15 is 0 Å². The van der Waals surface area contributed by atoms with Gasteiger partial charge in [0.15, 0.2) is 0 Å². The van der Waals surface area contributed by atoms with Crippen LogP contribution in [-0.2, 0) is 4.74 Å². The SMILES string of the molecule is O=C1OCC2(CCC2)N1c1ccc(Br)cc1. The number of amides is 1. The number of hydrogen-bond donors (Lipinski definition) is 0. The van der Waals surface area contributed by atoms with E-state index in [1.54, 1.807) is 0 Å². The first-order chi connectivity index (χ1) is 7.71. The van der Waals surface area contributed by atoms with E-state index in [0.29, 0.717) is 6.61 Å². The van der Waals surface area contributed by atoms with Crippen molar-refractivity contribution in [1.29, 1.82) is 0 Å². The second-order valence-electron chi connectivity index (χ2n) is 4.44. The molecule has 1 spiro atoms. The highest BCUT2D eigenvalue weighted by molar-refractivity contribution is 9.10. The van der Waals surface area contributed by atoms with E-state index in [1.165, 1.54) is 6.42 Å². The number of carbonyl (C=O) groups excluding carboxylic acids is 1. The molecule has 1 aliphatic carbocycles. The number of ether oxygens (including phenoxy) is 1. The summed E-state index contributed by atoms with van der Waals surface area (Å²) in [5, 5.41) is 0. The predicted octanol–water partition coefficient (Wildman–Crippen LogP) is 3.33. The van der Waals surface area contributed by atoms with Crippen molar-refractivity contribution >= 4 is 27.7 Å². The van der Waals surface area contributed by atoms with Gasteiger partial charge in [0, 0.05) is 10.2 Å². The van der Waals surface area contributed by atoms with Crippen LogP contribution in [0.25, 0.3) is 0 Å². The Hall–Kier alpha value is -1.03. The molecule has 84 valence electrons. The molecule has 0 N–H and O–H groups in total. The lowest BCUT2D eigenvalue weighted by Crippen LogP contribution is -2.52. The minimum absolute atomic E-state index is 0.0507. The Kier molecular flexibility index (Phi) is 2.21. The van der Waals surface area contributed by atoms with Crippen LogP contribution in [0.1, 0.15) is 19.3 Å². The van der Waals surface area contributed by atoms with E-state index in [-0.39, 0.29) is 11.6 Å². The van der Waals surface area contributed by atoms with Crippen molar-refractivity contribution in [3.8, 4) is 0 Å². The first-order valence-electron chi connectivity index (χ1n) is 5.44. The number of rotatable bonds is 1. The van der Waals surface area contributed by atoms with Crippen molar-refractivity contribution in [3.05, 3.63) is 28.7 Å². The van der Waals surface area contributed by atoms with E-state index in [2.05, 4.69) is 15.9 Å². The summed E-state index contributed by atoms with van der Waals surface area (Å²) < 4.78 is 6.20. The van der Waals surface area contributed by atoms with E-state index in [9.17, 15) is 4.79 Å². The Balaban J connectivity index is 1.97. The summed E-state index contributed by atoms with van der Waals surface area (Å²) in [5.41, 5.74) is 0.885. The summed E-state index contributed by atoms with van der Waals surface area (Å²) in [4.78, 5) is 13.6. The van der Waals surface area contributed by atoms with Crippen LogP contribution < -0.4 is 4.90 Å². The van der Waals surface area contributed by atoms with E-state index < -0.39 is 0 Å². The van der Waals surface area contributed by atoms with Crippen LogP contribution in [0.5, 0.6) is 0 Å². The third-order valence-corrected chi connectivity index (χ3v) is 4.02. The molecule has 1 saturated heterocycles. The van der Waals surface area contributed by atoms with Gasteiger partial charge in [0.2, 0.25) is 0 Å². The van der Waals surface area contributed by atoms with Gasteiger partial charge >= 0.3 is 6.09 Å². The average Bonchev–Trinajstić information content (AvgIpc) is 2.57. The van der Waals surface area contributed by atoms with Gasteiger partial charge in [-0.25, -0.2) is 4.79 Å². The second-order valence-corrected chi connectivity index (χ2v) is 5.36. The molecule has 0 radical (unpaired) electrons. The summed E-state index contributed by atoms with van der Waals surface area (Å²) in [6.45, 7) is 0.544. The monoisotopic (exact) mass is 281 g/mol. The van der Waals surface area contributed by atoms with Gasteiger partial charge in [0.1, 0.15) is 6.61 Å². The molecule has 3 rings (SSSR count). The number of halogens is 1. The van der Waals surface area contributed by atoms with E-state index in [0.717, 1.165) is 23.0 Å². The first kappa shape index (κ1) is 10.1. The standard InChI is InChI=1S/C12H12BrNO2/c13-9-2-4-10(5-3-9)14-11(15)16-8-12(14)6-1-7-12/h2-5H,1,6-8H2. The van der Waals surface area contributed by atoms with Crippen LogP contribution in [0.3, 0.4) is 0 Å². The topological polar surface area (TPSA) is 29.5 Å². The number of nitrogens with zero attached hydrogens (tertiary/aromatic N) is 1. The Morgan fingerprint density at radius 3 is 2.50 bits per heavy atom. The van der Waals surface area contributed by atoms with Crippen LogP contribution >= 0.6 is 15.9 Å². The van der Waals surface area contributed by atoms with Crippen LogP contribution in [0.15, 0.2) is 28.7 Å². The van der Waals surface area contributed by atoms with Crippen LogP contribution in [0.4, 0.5) is 10.5 Å². The molecule has 1 aliphatic heterocycles. The molecule has 1 saturated carbocycles. The molecular weight excluding hydrogens is 270 g/mol. The Labute approximate surface area is 103 Å². The summed E-state index contributed by atoms with van der Waals surface area (Å²) in [7, 11) is 0. The predicted molar refractivity (Wildman–Crippen MR) is 64.6 cm³/mol. The van der Waals surface area contributed by atoms with Crippen molar-refractivity contribution < 1.29 is 9.53 Å². The number of anilines is 1. The fraction of sp³-hybridized carbons (Fsp3) is 0.417. The number of hydrogen-bond acceptors (Lipinski definition) is 2. The van der Waals surface area contributed by atoms with Gasteiger partial charge in [0.05, 0.1) is 5.54 Å². The minimum atomic E-state index is -0.206. The smallest absolute Gasteiger partial charge is 0.415 e. The molecule has 4 heteroatoms. The number of benzene rings is 1. The molecule has 0 bridgehead atoms. The first-order valence-corrected chi connectivity index (χ1v) is 6.23. The van der Waals surface area contributed by atoms with Gasteiger partial charge in [-0.1, -0.05) is 15.9 Å². The molecular formula is C12H12BrNO2. The van der Waals surface area contributed by atoms with Crippen molar-refractivity contribution in [3.63, 3.8) is 0 Å². The third-order valence-electron chi connectivity index (χ3n) is 3.49. The van der Waals surface area contributed by atoms with Gasteiger partial charge in [-0.2, -0.15) is 0 Å².